The van der Waals surface area contributed by atoms with E-state index in [4.69, 9.17) is 9.47 Å². The molecule has 0 aromatic heterocycles. The van der Waals surface area contributed by atoms with Crippen LogP contribution >= 0.6 is 15.9 Å². The van der Waals surface area contributed by atoms with Gasteiger partial charge < -0.3 is 9.47 Å². The molecule has 1 aliphatic rings. The third kappa shape index (κ3) is 4.46. The number of halogens is 1. The number of aliphatic imine (C=N–C) groups is 1. The molecule has 5 heteroatoms. The number of hydrogen-bond donors (Lipinski definition) is 0. The first-order valence-electron chi connectivity index (χ1n) is 9.15. The Morgan fingerprint density at radius 1 is 1.03 bits per heavy atom. The molecule has 1 heterocycles. The van der Waals surface area contributed by atoms with E-state index in [1.54, 1.807) is 6.08 Å². The van der Waals surface area contributed by atoms with Crippen molar-refractivity contribution in [3.8, 4) is 5.75 Å². The van der Waals surface area contributed by atoms with Crippen molar-refractivity contribution in [1.82, 2.24) is 0 Å². The van der Waals surface area contributed by atoms with Gasteiger partial charge in [0.1, 0.15) is 12.4 Å². The van der Waals surface area contributed by atoms with Crippen molar-refractivity contribution in [1.29, 1.82) is 0 Å². The molecule has 0 bridgehead atoms. The van der Waals surface area contributed by atoms with E-state index in [-0.39, 0.29) is 11.6 Å². The van der Waals surface area contributed by atoms with Crippen LogP contribution in [0.1, 0.15) is 22.3 Å². The van der Waals surface area contributed by atoms with E-state index in [1.165, 1.54) is 5.56 Å². The zero-order valence-electron chi connectivity index (χ0n) is 15.8. The Kier molecular flexibility index (Phi) is 5.58. The summed E-state index contributed by atoms with van der Waals surface area (Å²) >= 11 is 3.46. The fourth-order valence-corrected chi connectivity index (χ4v) is 3.45. The Balaban J connectivity index is 1.60. The summed E-state index contributed by atoms with van der Waals surface area (Å²) in [5, 5.41) is 0. The van der Waals surface area contributed by atoms with Crippen molar-refractivity contribution in [2.24, 2.45) is 4.99 Å². The fraction of sp³-hybridized carbons (Fsp3) is 0.0833. The summed E-state index contributed by atoms with van der Waals surface area (Å²) in [5.74, 6) is 0.481. The summed E-state index contributed by atoms with van der Waals surface area (Å²) < 4.78 is 12.2. The number of aryl methyl sites for hydroxylation is 1. The number of rotatable bonds is 5. The van der Waals surface area contributed by atoms with Crippen molar-refractivity contribution in [3.63, 3.8) is 0 Å². The number of carbonyl (C=O) groups is 1. The highest BCUT2D eigenvalue weighted by molar-refractivity contribution is 9.10. The third-order valence-electron chi connectivity index (χ3n) is 4.41. The van der Waals surface area contributed by atoms with Gasteiger partial charge in [-0.2, -0.15) is 0 Å². The van der Waals surface area contributed by atoms with E-state index in [2.05, 4.69) is 27.0 Å². The number of benzene rings is 3. The van der Waals surface area contributed by atoms with E-state index in [0.29, 0.717) is 12.4 Å². The van der Waals surface area contributed by atoms with Crippen molar-refractivity contribution in [2.75, 3.05) is 0 Å². The number of cyclic esters (lactones) is 1. The van der Waals surface area contributed by atoms with Gasteiger partial charge in [-0.05, 0) is 52.7 Å². The Hall–Kier alpha value is -3.18. The summed E-state index contributed by atoms with van der Waals surface area (Å²) in [6.45, 7) is 2.49. The SMILES string of the molecule is Cc1cccc(COc2ccccc2C=C2N=C(c3ccccc3Br)OC2=O)c1. The van der Waals surface area contributed by atoms with Gasteiger partial charge in [-0.15, -0.1) is 0 Å². The van der Waals surface area contributed by atoms with Gasteiger partial charge in [0.05, 0.1) is 5.56 Å². The molecule has 0 atom stereocenters. The molecule has 0 saturated carbocycles. The molecule has 4 rings (SSSR count). The quantitative estimate of drug-likeness (QED) is 0.373. The second kappa shape index (κ2) is 8.45. The zero-order valence-corrected chi connectivity index (χ0v) is 17.3. The van der Waals surface area contributed by atoms with Crippen LogP contribution in [-0.4, -0.2) is 11.9 Å². The predicted molar refractivity (Wildman–Crippen MR) is 117 cm³/mol. The first-order chi connectivity index (χ1) is 14.1. The zero-order chi connectivity index (χ0) is 20.2. The summed E-state index contributed by atoms with van der Waals surface area (Å²) in [6.07, 6.45) is 1.69. The van der Waals surface area contributed by atoms with Crippen LogP contribution in [0.2, 0.25) is 0 Å². The highest BCUT2D eigenvalue weighted by Crippen LogP contribution is 2.27. The molecule has 0 spiro atoms. The maximum absolute atomic E-state index is 12.3. The number of carbonyl (C=O) groups excluding carboxylic acids is 1. The first-order valence-corrected chi connectivity index (χ1v) is 9.94. The van der Waals surface area contributed by atoms with Gasteiger partial charge in [-0.25, -0.2) is 9.79 Å². The van der Waals surface area contributed by atoms with Crippen LogP contribution in [0.4, 0.5) is 0 Å². The minimum atomic E-state index is -0.482. The van der Waals surface area contributed by atoms with E-state index in [0.717, 1.165) is 21.2 Å². The van der Waals surface area contributed by atoms with Gasteiger partial charge >= 0.3 is 5.97 Å². The second-order valence-electron chi connectivity index (χ2n) is 6.63. The molecular formula is C24H18BrNO3. The van der Waals surface area contributed by atoms with E-state index in [1.807, 2.05) is 73.7 Å². The largest absolute Gasteiger partial charge is 0.488 e. The molecule has 3 aromatic rings. The van der Waals surface area contributed by atoms with Gasteiger partial charge in [0, 0.05) is 10.0 Å². The van der Waals surface area contributed by atoms with Gasteiger partial charge in [-0.3, -0.25) is 0 Å². The molecule has 0 unspecified atom stereocenters. The third-order valence-corrected chi connectivity index (χ3v) is 5.10. The van der Waals surface area contributed by atoms with E-state index < -0.39 is 5.97 Å². The molecule has 1 aliphatic heterocycles. The van der Waals surface area contributed by atoms with Crippen LogP contribution in [0.3, 0.4) is 0 Å². The smallest absolute Gasteiger partial charge is 0.363 e. The number of hydrogen-bond acceptors (Lipinski definition) is 4. The number of esters is 1. The van der Waals surface area contributed by atoms with Crippen LogP contribution in [-0.2, 0) is 16.1 Å². The molecular weight excluding hydrogens is 430 g/mol. The number of ether oxygens (including phenoxy) is 2. The average molecular weight is 448 g/mol. The minimum Gasteiger partial charge on any atom is -0.488 e. The molecule has 0 radical (unpaired) electrons. The maximum atomic E-state index is 12.3. The monoisotopic (exact) mass is 447 g/mol. The molecule has 144 valence electrons. The molecule has 0 N–H and O–H groups in total. The molecule has 0 amide bonds. The lowest BCUT2D eigenvalue weighted by atomic mass is 10.1. The van der Waals surface area contributed by atoms with Gasteiger partial charge in [-0.1, -0.05) is 60.2 Å². The van der Waals surface area contributed by atoms with Crippen molar-refractivity contribution in [3.05, 3.63) is 105 Å². The molecule has 29 heavy (non-hydrogen) atoms. The molecule has 0 aliphatic carbocycles. The lowest BCUT2D eigenvalue weighted by Crippen LogP contribution is -2.06. The summed E-state index contributed by atoms with van der Waals surface area (Å²) in [6, 6.07) is 23.2. The molecule has 0 saturated heterocycles. The van der Waals surface area contributed by atoms with Crippen LogP contribution in [0.25, 0.3) is 6.08 Å². The van der Waals surface area contributed by atoms with Crippen LogP contribution in [0.5, 0.6) is 5.75 Å². The van der Waals surface area contributed by atoms with Gasteiger partial charge in [0.15, 0.2) is 5.70 Å². The number of para-hydroxylation sites is 1. The highest BCUT2D eigenvalue weighted by Gasteiger charge is 2.25. The molecule has 3 aromatic carbocycles. The van der Waals surface area contributed by atoms with Crippen molar-refractivity contribution < 1.29 is 14.3 Å². The predicted octanol–water partition coefficient (Wildman–Crippen LogP) is 5.68. The first kappa shape index (κ1) is 19.2. The standard InChI is InChI=1S/C24H18BrNO3/c1-16-7-6-8-17(13-16)15-28-22-12-5-2-9-18(22)14-21-24(27)29-23(26-21)19-10-3-4-11-20(19)25/h2-14H,15H2,1H3. The van der Waals surface area contributed by atoms with Crippen LogP contribution in [0.15, 0.2) is 88.0 Å². The lowest BCUT2D eigenvalue weighted by molar-refractivity contribution is -0.129. The van der Waals surface area contributed by atoms with E-state index >= 15 is 0 Å². The second-order valence-corrected chi connectivity index (χ2v) is 7.49. The molecule has 4 nitrogen and oxygen atoms in total. The summed E-state index contributed by atoms with van der Waals surface area (Å²) in [4.78, 5) is 16.7. The van der Waals surface area contributed by atoms with Crippen LogP contribution in [0, 0.1) is 6.92 Å². The maximum Gasteiger partial charge on any atom is 0.363 e. The topological polar surface area (TPSA) is 47.9 Å². The number of nitrogens with zero attached hydrogens (tertiary/aromatic N) is 1. The van der Waals surface area contributed by atoms with Crippen molar-refractivity contribution >= 4 is 33.9 Å². The van der Waals surface area contributed by atoms with E-state index in [9.17, 15) is 4.79 Å². The molecule has 0 fully saturated rings. The highest BCUT2D eigenvalue weighted by atomic mass is 79.9. The van der Waals surface area contributed by atoms with Crippen LogP contribution < -0.4 is 4.74 Å². The Morgan fingerprint density at radius 2 is 1.83 bits per heavy atom. The van der Waals surface area contributed by atoms with Gasteiger partial charge in [0.25, 0.3) is 0 Å². The Morgan fingerprint density at radius 3 is 2.66 bits per heavy atom. The normalized spacial score (nSPS) is 14.6. The Labute approximate surface area is 177 Å². The van der Waals surface area contributed by atoms with Crippen molar-refractivity contribution in [2.45, 2.75) is 13.5 Å². The Bertz CT molecular complexity index is 1130. The summed E-state index contributed by atoms with van der Waals surface area (Å²) in [5.41, 5.74) is 4.01. The minimum absolute atomic E-state index is 0.238. The average Bonchev–Trinajstić information content (AvgIpc) is 3.08. The fourth-order valence-electron chi connectivity index (χ4n) is 3.00. The summed E-state index contributed by atoms with van der Waals surface area (Å²) in [7, 11) is 0. The van der Waals surface area contributed by atoms with Gasteiger partial charge in [0.2, 0.25) is 5.90 Å². The lowest BCUT2D eigenvalue weighted by Gasteiger charge is -2.09.